The first-order chi connectivity index (χ1) is 20.8. The van der Waals surface area contributed by atoms with Gasteiger partial charge in [-0.3, -0.25) is 9.59 Å². The van der Waals surface area contributed by atoms with Gasteiger partial charge in [0.05, 0.1) is 12.0 Å². The predicted molar refractivity (Wildman–Crippen MR) is 169 cm³/mol. The summed E-state index contributed by atoms with van der Waals surface area (Å²) in [7, 11) is 0. The Hall–Kier alpha value is -1.32. The number of carbonyl (C=O) groups excluding carboxylic acids is 1. The second-order valence-corrected chi connectivity index (χ2v) is 18.2. The number of carbonyl (C=O) groups is 2. The van der Waals surface area contributed by atoms with Gasteiger partial charge in [0.1, 0.15) is 30.5 Å². The van der Waals surface area contributed by atoms with Gasteiger partial charge < -0.3 is 30.3 Å². The lowest BCUT2D eigenvalue weighted by atomic mass is 9.33. The number of ketones is 1. The zero-order chi connectivity index (χ0) is 33.1. The van der Waals surface area contributed by atoms with E-state index in [1.54, 1.807) is 0 Å². The summed E-state index contributed by atoms with van der Waals surface area (Å²) in [5.41, 5.74) is 0.396. The number of hydrogen-bond donors (Lipinski definition) is 5. The minimum Gasteiger partial charge on any atom is -0.481 e. The molecule has 0 aromatic heterocycles. The summed E-state index contributed by atoms with van der Waals surface area (Å²) in [6.07, 6.45) is 4.19. The number of carboxylic acid groups (broad SMARTS) is 1. The second-order valence-electron chi connectivity index (χ2n) is 18.2. The minimum absolute atomic E-state index is 0.0127. The molecule has 6 aliphatic rings. The van der Waals surface area contributed by atoms with E-state index in [2.05, 4.69) is 54.5 Å². The molecule has 6 rings (SSSR count). The molecular weight excluding hydrogens is 572 g/mol. The van der Waals surface area contributed by atoms with Crippen LogP contribution in [0.1, 0.15) is 113 Å². The SMILES string of the molecule is CC1(C)CC[C@]2(C(=O)O)CC[C@]3(C)C(=CCC4[C@@]5(C)CC[C@@H](C(=O)[C@@H]6OC(CO)[C@H](O)[C@H](O)C6O)C(C)(C)C5CC[C@]43C)C2C1. The third kappa shape index (κ3) is 4.47. The molecule has 4 saturated carbocycles. The normalized spacial score (nSPS) is 51.9. The molecule has 0 spiro atoms. The smallest absolute Gasteiger partial charge is 0.310 e. The number of rotatable bonds is 4. The van der Waals surface area contributed by atoms with Crippen LogP contribution in [0.25, 0.3) is 0 Å². The summed E-state index contributed by atoms with van der Waals surface area (Å²) in [4.78, 5) is 27.1. The van der Waals surface area contributed by atoms with Crippen molar-refractivity contribution < 1.29 is 39.9 Å². The molecule has 1 saturated heterocycles. The lowest BCUT2D eigenvalue weighted by molar-refractivity contribution is -0.233. The molecule has 1 heterocycles. The predicted octanol–water partition coefficient (Wildman–Crippen LogP) is 4.90. The number of hydrogen-bond acceptors (Lipinski definition) is 7. The van der Waals surface area contributed by atoms with Gasteiger partial charge in [-0.1, -0.05) is 60.1 Å². The highest BCUT2D eigenvalue weighted by atomic mass is 16.5. The van der Waals surface area contributed by atoms with Crippen LogP contribution in [-0.2, 0) is 14.3 Å². The van der Waals surface area contributed by atoms with Crippen molar-refractivity contribution in [3.05, 3.63) is 11.6 Å². The van der Waals surface area contributed by atoms with E-state index >= 15 is 0 Å². The molecule has 8 nitrogen and oxygen atoms in total. The van der Waals surface area contributed by atoms with Crippen molar-refractivity contribution in [2.24, 2.45) is 56.2 Å². The number of fused-ring (bicyclic) bond motifs is 7. The fourth-order valence-electron chi connectivity index (χ4n) is 12.7. The molecule has 254 valence electrons. The molecule has 5 unspecified atom stereocenters. The summed E-state index contributed by atoms with van der Waals surface area (Å²) in [5, 5.41) is 51.8. The Morgan fingerprint density at radius 2 is 1.51 bits per heavy atom. The number of ether oxygens (including phenoxy) is 1. The Morgan fingerprint density at radius 1 is 0.844 bits per heavy atom. The number of Topliss-reactive ketones (excluding diaryl/α,β-unsaturated/α-hetero) is 1. The van der Waals surface area contributed by atoms with Crippen molar-refractivity contribution in [1.29, 1.82) is 0 Å². The number of aliphatic hydroxyl groups is 4. The summed E-state index contributed by atoms with van der Waals surface area (Å²) in [6.45, 7) is 15.8. The highest BCUT2D eigenvalue weighted by Gasteiger charge is 2.70. The Labute approximate surface area is 269 Å². The topological polar surface area (TPSA) is 145 Å². The Morgan fingerprint density at radius 3 is 2.16 bits per heavy atom. The van der Waals surface area contributed by atoms with Crippen molar-refractivity contribution in [2.75, 3.05) is 6.61 Å². The number of aliphatic carboxylic acids is 1. The molecule has 13 atom stereocenters. The van der Waals surface area contributed by atoms with Crippen LogP contribution in [0.15, 0.2) is 11.6 Å². The van der Waals surface area contributed by atoms with E-state index in [0.717, 1.165) is 57.8 Å². The molecule has 1 aliphatic heterocycles. The first-order valence-corrected chi connectivity index (χ1v) is 17.6. The lowest BCUT2D eigenvalue weighted by Gasteiger charge is -2.71. The van der Waals surface area contributed by atoms with Crippen molar-refractivity contribution >= 4 is 11.8 Å². The maximum absolute atomic E-state index is 14.1. The largest absolute Gasteiger partial charge is 0.481 e. The third-order valence-electron chi connectivity index (χ3n) is 15.6. The van der Waals surface area contributed by atoms with Crippen molar-refractivity contribution in [1.82, 2.24) is 0 Å². The molecule has 5 fully saturated rings. The van der Waals surface area contributed by atoms with E-state index < -0.39 is 53.9 Å². The van der Waals surface area contributed by atoms with Crippen LogP contribution in [-0.4, -0.2) is 74.4 Å². The highest BCUT2D eigenvalue weighted by Crippen LogP contribution is 2.76. The van der Waals surface area contributed by atoms with Crippen LogP contribution < -0.4 is 0 Å². The number of carboxylic acids is 1. The lowest BCUT2D eigenvalue weighted by Crippen LogP contribution is -2.66. The Kier molecular flexibility index (Phi) is 7.90. The fourth-order valence-corrected chi connectivity index (χ4v) is 12.7. The van der Waals surface area contributed by atoms with Crippen LogP contribution in [0.5, 0.6) is 0 Å². The first kappa shape index (κ1) is 33.6. The minimum atomic E-state index is -1.56. The van der Waals surface area contributed by atoms with Crippen LogP contribution >= 0.6 is 0 Å². The molecule has 0 amide bonds. The van der Waals surface area contributed by atoms with Gasteiger partial charge >= 0.3 is 5.97 Å². The molecule has 5 N–H and O–H groups in total. The van der Waals surface area contributed by atoms with E-state index in [-0.39, 0.29) is 45.2 Å². The molecule has 8 heteroatoms. The third-order valence-corrected chi connectivity index (χ3v) is 15.6. The standard InChI is InChI=1S/C37H58O8/c1-32(2)14-16-37(31(43)44)17-15-35(6)20(22(37)18-32)8-9-25-34(5)12-10-21(33(3,4)24(34)11-13-36(25,35)7)26(39)30-29(42)28(41)27(40)23(19-38)45-30/h8,21-25,27-30,38,40-42H,9-19H2,1-7H3,(H,43,44)/t21-,22?,23?,24?,25?,27-,28-,29?,30-,34-,35+,36+,37-/m0/s1. The monoisotopic (exact) mass is 630 g/mol. The summed E-state index contributed by atoms with van der Waals surface area (Å²) >= 11 is 0. The van der Waals surface area contributed by atoms with Gasteiger partial charge in [0.25, 0.3) is 0 Å². The highest BCUT2D eigenvalue weighted by molar-refractivity contribution is 5.87. The van der Waals surface area contributed by atoms with Crippen LogP contribution in [0.2, 0.25) is 0 Å². The molecule has 0 aromatic rings. The summed E-state index contributed by atoms with van der Waals surface area (Å²) in [6, 6.07) is 0. The van der Waals surface area contributed by atoms with Gasteiger partial charge in [0.2, 0.25) is 0 Å². The zero-order valence-corrected chi connectivity index (χ0v) is 28.5. The van der Waals surface area contributed by atoms with Crippen molar-refractivity contribution in [2.45, 2.75) is 143 Å². The fraction of sp³-hybridized carbons (Fsp3) is 0.892. The van der Waals surface area contributed by atoms with E-state index in [9.17, 15) is 35.1 Å². The summed E-state index contributed by atoms with van der Waals surface area (Å²) < 4.78 is 5.75. The zero-order valence-electron chi connectivity index (χ0n) is 28.5. The van der Waals surface area contributed by atoms with Gasteiger partial charge in [-0.2, -0.15) is 0 Å². The van der Waals surface area contributed by atoms with Crippen molar-refractivity contribution in [3.8, 4) is 0 Å². The molecule has 0 radical (unpaired) electrons. The molecule has 0 aromatic carbocycles. The molecule has 5 aliphatic carbocycles. The van der Waals surface area contributed by atoms with Gasteiger partial charge in [-0.05, 0) is 109 Å². The number of aliphatic hydroxyl groups excluding tert-OH is 4. The maximum Gasteiger partial charge on any atom is 0.310 e. The van der Waals surface area contributed by atoms with E-state index in [4.69, 9.17) is 4.74 Å². The first-order valence-electron chi connectivity index (χ1n) is 17.6. The van der Waals surface area contributed by atoms with Crippen LogP contribution in [0.4, 0.5) is 0 Å². The van der Waals surface area contributed by atoms with Gasteiger partial charge in [-0.15, -0.1) is 0 Å². The van der Waals surface area contributed by atoms with Gasteiger partial charge in [0, 0.05) is 5.92 Å². The number of allylic oxidation sites excluding steroid dienone is 2. The Balaban J connectivity index is 1.31. The maximum atomic E-state index is 14.1. The quantitative estimate of drug-likeness (QED) is 0.276. The van der Waals surface area contributed by atoms with Gasteiger partial charge in [-0.25, -0.2) is 0 Å². The molecule has 45 heavy (non-hydrogen) atoms. The van der Waals surface area contributed by atoms with Crippen molar-refractivity contribution in [3.63, 3.8) is 0 Å². The molecule has 0 bridgehead atoms. The van der Waals surface area contributed by atoms with Gasteiger partial charge in [0.15, 0.2) is 5.78 Å². The molecular formula is C37H58O8. The summed E-state index contributed by atoms with van der Waals surface area (Å²) in [5.74, 6) is -0.523. The average molecular weight is 631 g/mol. The van der Waals surface area contributed by atoms with Crippen LogP contribution in [0.3, 0.4) is 0 Å². The average Bonchev–Trinajstić information content (AvgIpc) is 2.95. The Bertz CT molecular complexity index is 1250. The second kappa shape index (κ2) is 10.6. The van der Waals surface area contributed by atoms with E-state index in [0.29, 0.717) is 12.3 Å². The van der Waals surface area contributed by atoms with E-state index in [1.165, 1.54) is 5.57 Å². The van der Waals surface area contributed by atoms with Crippen LogP contribution in [0, 0.1) is 56.2 Å². The van der Waals surface area contributed by atoms with E-state index in [1.807, 2.05) is 0 Å².